The maximum Gasteiger partial charge on any atom is 0.309 e. The van der Waals surface area contributed by atoms with Gasteiger partial charge in [0.15, 0.2) is 6.61 Å². The van der Waals surface area contributed by atoms with Crippen LogP contribution in [0.15, 0.2) is 41.3 Å². The average molecular weight is 499 g/mol. The predicted molar refractivity (Wildman–Crippen MR) is 133 cm³/mol. The van der Waals surface area contributed by atoms with E-state index in [1.807, 2.05) is 45.0 Å². The van der Waals surface area contributed by atoms with Crippen LogP contribution in [0.4, 0.5) is 0 Å². The molecule has 4 rings (SSSR count). The van der Waals surface area contributed by atoms with Crippen LogP contribution >= 0.6 is 0 Å². The molecule has 8 heteroatoms. The Labute approximate surface area is 207 Å². The molecule has 1 unspecified atom stereocenters. The van der Waals surface area contributed by atoms with Gasteiger partial charge in [-0.25, -0.2) is 8.42 Å². The van der Waals surface area contributed by atoms with Gasteiger partial charge in [-0.1, -0.05) is 24.3 Å². The normalized spacial score (nSPS) is 17.6. The first-order valence-electron chi connectivity index (χ1n) is 12.3. The van der Waals surface area contributed by atoms with Crippen molar-refractivity contribution in [2.24, 2.45) is 5.92 Å². The highest BCUT2D eigenvalue weighted by Gasteiger charge is 2.33. The maximum atomic E-state index is 13.1. The maximum absolute atomic E-state index is 13.1. The molecule has 0 bridgehead atoms. The highest BCUT2D eigenvalue weighted by Crippen LogP contribution is 2.29. The molecule has 2 aliphatic rings. The zero-order chi connectivity index (χ0) is 25.2. The summed E-state index contributed by atoms with van der Waals surface area (Å²) in [5, 5.41) is 2.86. The first-order chi connectivity index (χ1) is 16.6. The fourth-order valence-electron chi connectivity index (χ4n) is 4.84. The van der Waals surface area contributed by atoms with Crippen molar-refractivity contribution < 1.29 is 22.7 Å². The van der Waals surface area contributed by atoms with Crippen LogP contribution < -0.4 is 5.32 Å². The molecule has 0 saturated carbocycles. The van der Waals surface area contributed by atoms with Crippen LogP contribution in [0, 0.1) is 19.8 Å². The van der Waals surface area contributed by atoms with Crippen molar-refractivity contribution in [3.05, 3.63) is 64.2 Å². The van der Waals surface area contributed by atoms with E-state index in [1.54, 1.807) is 12.1 Å². The number of esters is 1. The molecule has 1 N–H and O–H groups in total. The van der Waals surface area contributed by atoms with Crippen molar-refractivity contribution in [2.75, 3.05) is 19.7 Å². The van der Waals surface area contributed by atoms with E-state index in [0.29, 0.717) is 17.7 Å². The van der Waals surface area contributed by atoms with Gasteiger partial charge in [0, 0.05) is 13.1 Å². The van der Waals surface area contributed by atoms with E-state index >= 15 is 0 Å². The van der Waals surface area contributed by atoms with E-state index in [4.69, 9.17) is 4.74 Å². The summed E-state index contributed by atoms with van der Waals surface area (Å²) in [6.45, 7) is 6.12. The van der Waals surface area contributed by atoms with Gasteiger partial charge in [0.05, 0.1) is 16.9 Å². The number of ether oxygens (including phenoxy) is 1. The molecular weight excluding hydrogens is 464 g/mol. The third-order valence-electron chi connectivity index (χ3n) is 7.25. The number of fused-ring (bicyclic) bond motifs is 1. The Morgan fingerprint density at radius 3 is 2.46 bits per heavy atom. The second-order valence-corrected chi connectivity index (χ2v) is 11.6. The number of sulfonamides is 1. The molecule has 1 atom stereocenters. The Morgan fingerprint density at radius 1 is 1.03 bits per heavy atom. The van der Waals surface area contributed by atoms with Gasteiger partial charge in [0.2, 0.25) is 10.0 Å². The quantitative estimate of drug-likeness (QED) is 0.589. The Bertz CT molecular complexity index is 1220. The lowest BCUT2D eigenvalue weighted by Crippen LogP contribution is -2.41. The molecule has 1 amide bonds. The van der Waals surface area contributed by atoms with Gasteiger partial charge in [0.1, 0.15) is 0 Å². The predicted octanol–water partition coefficient (Wildman–Crippen LogP) is 3.61. The van der Waals surface area contributed by atoms with E-state index in [1.165, 1.54) is 15.4 Å². The summed E-state index contributed by atoms with van der Waals surface area (Å²) in [4.78, 5) is 25.2. The average Bonchev–Trinajstić information content (AvgIpc) is 3.32. The van der Waals surface area contributed by atoms with Gasteiger partial charge in [-0.15, -0.1) is 0 Å². The lowest BCUT2D eigenvalue weighted by molar-refractivity contribution is -0.153. The Hall–Kier alpha value is -2.71. The van der Waals surface area contributed by atoms with E-state index in [-0.39, 0.29) is 31.6 Å². The SMILES string of the molecule is Cc1ccc(C(C)NC(=O)COC(=O)C2CCN(S(=O)(=O)c3ccc4c(c3)CCC4)CC2)cc1C. The molecule has 0 spiro atoms. The lowest BCUT2D eigenvalue weighted by Gasteiger charge is -2.30. The molecule has 7 nitrogen and oxygen atoms in total. The van der Waals surface area contributed by atoms with Gasteiger partial charge in [-0.05, 0) is 92.8 Å². The van der Waals surface area contributed by atoms with Crippen molar-refractivity contribution in [1.82, 2.24) is 9.62 Å². The van der Waals surface area contributed by atoms with Gasteiger partial charge in [0.25, 0.3) is 5.91 Å². The molecule has 188 valence electrons. The number of carbonyl (C=O) groups is 2. The molecule has 35 heavy (non-hydrogen) atoms. The van der Waals surface area contributed by atoms with Crippen molar-refractivity contribution in [1.29, 1.82) is 0 Å². The third kappa shape index (κ3) is 5.76. The highest BCUT2D eigenvalue weighted by atomic mass is 32.2. The van der Waals surface area contributed by atoms with Gasteiger partial charge >= 0.3 is 5.97 Å². The smallest absolute Gasteiger partial charge is 0.309 e. The van der Waals surface area contributed by atoms with Crippen molar-refractivity contribution in [3.8, 4) is 0 Å². The van der Waals surface area contributed by atoms with Crippen LogP contribution in [0.1, 0.15) is 60.0 Å². The molecule has 1 aliphatic carbocycles. The van der Waals surface area contributed by atoms with E-state index in [2.05, 4.69) is 5.32 Å². The number of hydrogen-bond donors (Lipinski definition) is 1. The molecule has 2 aromatic rings. The molecular formula is C27H34N2O5S. The summed E-state index contributed by atoms with van der Waals surface area (Å²) in [5.74, 6) is -1.22. The number of nitrogens with one attached hydrogen (secondary N) is 1. The third-order valence-corrected chi connectivity index (χ3v) is 9.14. The van der Waals surface area contributed by atoms with Gasteiger partial charge in [-0.2, -0.15) is 4.31 Å². The summed E-state index contributed by atoms with van der Waals surface area (Å²) in [6, 6.07) is 11.2. The molecule has 1 fully saturated rings. The molecule has 1 aliphatic heterocycles. The van der Waals surface area contributed by atoms with Crippen molar-refractivity contribution in [2.45, 2.75) is 63.8 Å². The topological polar surface area (TPSA) is 92.8 Å². The first-order valence-corrected chi connectivity index (χ1v) is 13.7. The zero-order valence-electron chi connectivity index (χ0n) is 20.7. The van der Waals surface area contributed by atoms with Crippen molar-refractivity contribution in [3.63, 3.8) is 0 Å². The van der Waals surface area contributed by atoms with Gasteiger partial charge in [-0.3, -0.25) is 9.59 Å². The number of aryl methyl sites for hydroxylation is 4. The number of rotatable bonds is 7. The minimum atomic E-state index is -3.59. The summed E-state index contributed by atoms with van der Waals surface area (Å²) < 4.78 is 32.9. The number of hydrogen-bond acceptors (Lipinski definition) is 5. The fraction of sp³-hybridized carbons (Fsp3) is 0.481. The minimum Gasteiger partial charge on any atom is -0.455 e. The standard InChI is InChI=1S/C27H34N2O5S/c1-18-7-8-23(15-19(18)2)20(3)28-26(30)17-34-27(31)22-11-13-29(14-12-22)35(32,33)25-10-9-21-5-4-6-24(21)16-25/h7-10,15-16,20,22H,4-6,11-14,17H2,1-3H3,(H,28,30). The van der Waals surface area contributed by atoms with E-state index in [0.717, 1.165) is 36.0 Å². The number of nitrogens with zero attached hydrogens (tertiary/aromatic N) is 1. The minimum absolute atomic E-state index is 0.201. The number of piperidine rings is 1. The van der Waals surface area contributed by atoms with Crippen molar-refractivity contribution >= 4 is 21.9 Å². The van der Waals surface area contributed by atoms with E-state index < -0.39 is 21.9 Å². The largest absolute Gasteiger partial charge is 0.455 e. The summed E-state index contributed by atoms with van der Waals surface area (Å²) >= 11 is 0. The Morgan fingerprint density at radius 2 is 1.74 bits per heavy atom. The molecule has 1 heterocycles. The molecule has 1 saturated heterocycles. The van der Waals surface area contributed by atoms with Crippen LogP contribution in [0.2, 0.25) is 0 Å². The highest BCUT2D eigenvalue weighted by molar-refractivity contribution is 7.89. The number of benzene rings is 2. The second-order valence-electron chi connectivity index (χ2n) is 9.70. The number of amides is 1. The van der Waals surface area contributed by atoms with Crippen LogP contribution in [0.25, 0.3) is 0 Å². The van der Waals surface area contributed by atoms with Crippen LogP contribution in [-0.4, -0.2) is 44.3 Å². The molecule has 0 aromatic heterocycles. The Kier molecular flexibility index (Phi) is 7.62. The summed E-state index contributed by atoms with van der Waals surface area (Å²) in [5.41, 5.74) is 5.68. The second kappa shape index (κ2) is 10.5. The van der Waals surface area contributed by atoms with Gasteiger partial charge < -0.3 is 10.1 Å². The summed E-state index contributed by atoms with van der Waals surface area (Å²) in [6.07, 6.45) is 3.75. The van der Waals surface area contributed by atoms with Crippen LogP contribution in [0.3, 0.4) is 0 Å². The lowest BCUT2D eigenvalue weighted by atomic mass is 9.98. The van der Waals surface area contributed by atoms with E-state index in [9.17, 15) is 18.0 Å². The van der Waals surface area contributed by atoms with Crippen LogP contribution in [0.5, 0.6) is 0 Å². The monoisotopic (exact) mass is 498 g/mol. The first kappa shape index (κ1) is 25.4. The zero-order valence-corrected chi connectivity index (χ0v) is 21.5. The molecule has 2 aromatic carbocycles. The fourth-order valence-corrected chi connectivity index (χ4v) is 6.37. The summed E-state index contributed by atoms with van der Waals surface area (Å²) in [7, 11) is -3.59. The molecule has 0 radical (unpaired) electrons. The van der Waals surface area contributed by atoms with Crippen LogP contribution in [-0.2, 0) is 37.2 Å². The number of carbonyl (C=O) groups excluding carboxylic acids is 2. The Balaban J connectivity index is 1.25.